The van der Waals surface area contributed by atoms with Crippen molar-refractivity contribution in [3.63, 3.8) is 0 Å². The molecule has 0 spiro atoms. The van der Waals surface area contributed by atoms with Crippen molar-refractivity contribution in [3.8, 4) is 0 Å². The Hall–Kier alpha value is -2.17. The van der Waals surface area contributed by atoms with E-state index < -0.39 is 29.6 Å². The van der Waals surface area contributed by atoms with Crippen LogP contribution in [0, 0.1) is 5.92 Å². The molecule has 1 aromatic carbocycles. The van der Waals surface area contributed by atoms with Crippen molar-refractivity contribution in [2.75, 3.05) is 43.1 Å². The van der Waals surface area contributed by atoms with E-state index in [1.54, 1.807) is 0 Å². The minimum Gasteiger partial charge on any atom is -0.370 e. The molecule has 0 aromatic heterocycles. The van der Waals surface area contributed by atoms with Gasteiger partial charge < -0.3 is 20.7 Å². The van der Waals surface area contributed by atoms with Gasteiger partial charge in [-0.3, -0.25) is 14.5 Å². The van der Waals surface area contributed by atoms with Gasteiger partial charge in [-0.05, 0) is 49.8 Å². The number of hydrogen-bond donors (Lipinski definition) is 2. The molecule has 2 amide bonds. The highest BCUT2D eigenvalue weighted by atomic mass is 19.4. The number of morpholine rings is 1. The van der Waals surface area contributed by atoms with E-state index >= 15 is 0 Å². The second kappa shape index (κ2) is 9.99. The van der Waals surface area contributed by atoms with Crippen LogP contribution in [-0.2, 0) is 20.5 Å². The van der Waals surface area contributed by atoms with Gasteiger partial charge >= 0.3 is 6.18 Å². The highest BCUT2D eigenvalue weighted by molar-refractivity contribution is 5.98. The quantitative estimate of drug-likeness (QED) is 0.613. The monoisotopic (exact) mass is 468 g/mol. The molecule has 3 fully saturated rings. The van der Waals surface area contributed by atoms with E-state index in [-0.39, 0.29) is 43.7 Å². The van der Waals surface area contributed by atoms with E-state index in [0.29, 0.717) is 5.92 Å². The number of benzene rings is 1. The zero-order chi connectivity index (χ0) is 23.6. The van der Waals surface area contributed by atoms with Crippen LogP contribution in [-0.4, -0.2) is 61.6 Å². The lowest BCUT2D eigenvalue weighted by atomic mass is 9.82. The van der Waals surface area contributed by atoms with Crippen molar-refractivity contribution in [1.82, 2.24) is 4.90 Å². The van der Waals surface area contributed by atoms with Gasteiger partial charge in [-0.2, -0.15) is 13.2 Å². The molecule has 1 atom stereocenters. The number of hydrogen-bond acceptors (Lipinski definition) is 5. The molecular weight excluding hydrogens is 437 g/mol. The van der Waals surface area contributed by atoms with Crippen LogP contribution in [0.1, 0.15) is 44.1 Å². The predicted octanol–water partition coefficient (Wildman–Crippen LogP) is 2.99. The van der Waals surface area contributed by atoms with Gasteiger partial charge in [0.05, 0.1) is 17.9 Å². The number of alkyl halides is 3. The molecule has 1 aliphatic heterocycles. The third-order valence-corrected chi connectivity index (χ3v) is 7.03. The third-order valence-electron chi connectivity index (χ3n) is 7.03. The van der Waals surface area contributed by atoms with Gasteiger partial charge in [0.25, 0.3) is 5.91 Å². The average molecular weight is 469 g/mol. The first-order chi connectivity index (χ1) is 15.8. The van der Waals surface area contributed by atoms with E-state index in [0.717, 1.165) is 44.7 Å². The number of ether oxygens (including phenoxy) is 1. The van der Waals surface area contributed by atoms with Gasteiger partial charge in [0, 0.05) is 31.4 Å². The summed E-state index contributed by atoms with van der Waals surface area (Å²) in [7, 11) is 0. The summed E-state index contributed by atoms with van der Waals surface area (Å²) in [5, 5.41) is 2.49. The number of rotatable bonds is 8. The molecule has 3 aliphatic rings. The fourth-order valence-electron chi connectivity index (χ4n) is 4.67. The summed E-state index contributed by atoms with van der Waals surface area (Å²) in [6.07, 6.45) is 1.75. The fourth-order valence-corrected chi connectivity index (χ4v) is 4.67. The van der Waals surface area contributed by atoms with Crippen molar-refractivity contribution in [2.24, 2.45) is 11.7 Å². The van der Waals surface area contributed by atoms with Gasteiger partial charge in [-0.15, -0.1) is 0 Å². The molecule has 33 heavy (non-hydrogen) atoms. The number of halogens is 3. The highest BCUT2D eigenvalue weighted by Gasteiger charge is 2.39. The second-order valence-corrected chi connectivity index (χ2v) is 9.14. The Kier molecular flexibility index (Phi) is 7.25. The van der Waals surface area contributed by atoms with Crippen molar-refractivity contribution in [1.29, 1.82) is 0 Å². The molecule has 7 nitrogen and oxygen atoms in total. The van der Waals surface area contributed by atoms with Crippen LogP contribution < -0.4 is 16.0 Å². The maximum atomic E-state index is 13.9. The van der Waals surface area contributed by atoms with Crippen LogP contribution in [0.3, 0.4) is 0 Å². The fraction of sp³-hybridized carbons (Fsp3) is 0.652. The van der Waals surface area contributed by atoms with Gasteiger partial charge in [0.2, 0.25) is 5.91 Å². The lowest BCUT2D eigenvalue weighted by molar-refractivity contribution is -0.137. The molecule has 0 unspecified atom stereocenters. The number of anilines is 2. The van der Waals surface area contributed by atoms with Gasteiger partial charge in [-0.1, -0.05) is 12.8 Å². The van der Waals surface area contributed by atoms with Crippen LogP contribution in [0.25, 0.3) is 0 Å². The second-order valence-electron chi connectivity index (χ2n) is 9.14. The molecule has 2 saturated carbocycles. The summed E-state index contributed by atoms with van der Waals surface area (Å²) >= 11 is 0. The summed E-state index contributed by atoms with van der Waals surface area (Å²) < 4.78 is 46.7. The van der Waals surface area contributed by atoms with Gasteiger partial charge in [0.15, 0.2) is 0 Å². The molecular formula is C23H31F3N4O3. The van der Waals surface area contributed by atoms with Crippen LogP contribution in [0.4, 0.5) is 24.5 Å². The summed E-state index contributed by atoms with van der Waals surface area (Å²) in [6.45, 7) is 1.05. The summed E-state index contributed by atoms with van der Waals surface area (Å²) in [5.74, 6) is -0.408. The lowest BCUT2D eigenvalue weighted by Crippen LogP contribution is -2.56. The minimum atomic E-state index is -4.70. The molecule has 3 N–H and O–H groups in total. The molecule has 4 rings (SSSR count). The first kappa shape index (κ1) is 24.0. The van der Waals surface area contributed by atoms with E-state index in [4.69, 9.17) is 10.5 Å². The van der Waals surface area contributed by atoms with Gasteiger partial charge in [-0.25, -0.2) is 0 Å². The van der Waals surface area contributed by atoms with Crippen molar-refractivity contribution in [3.05, 3.63) is 23.8 Å². The summed E-state index contributed by atoms with van der Waals surface area (Å²) in [6, 6.07) is 3.11. The molecule has 0 bridgehead atoms. The molecule has 1 aromatic rings. The van der Waals surface area contributed by atoms with E-state index in [2.05, 4.69) is 10.2 Å². The summed E-state index contributed by atoms with van der Waals surface area (Å²) in [4.78, 5) is 28.6. The normalized spacial score (nSPS) is 21.0. The molecule has 10 heteroatoms. The number of carbonyl (C=O) groups excluding carboxylic acids is 2. The molecule has 1 saturated heterocycles. The molecule has 2 aliphatic carbocycles. The maximum absolute atomic E-state index is 13.9. The number of amides is 2. The van der Waals surface area contributed by atoms with Crippen molar-refractivity contribution < 1.29 is 27.5 Å². The van der Waals surface area contributed by atoms with E-state index in [1.807, 2.05) is 0 Å². The Morgan fingerprint density at radius 3 is 2.52 bits per heavy atom. The Balaban J connectivity index is 1.55. The first-order valence-corrected chi connectivity index (χ1v) is 11.6. The SMILES string of the molecule is NC[C@@H](C(=O)Nc1ccc(N2CCOCC2=O)cc1C(F)(F)F)N(CC1CCC1)C1CCC1. The van der Waals surface area contributed by atoms with Gasteiger partial charge in [0.1, 0.15) is 12.6 Å². The van der Waals surface area contributed by atoms with Crippen molar-refractivity contribution >= 4 is 23.2 Å². The third kappa shape index (κ3) is 5.33. The van der Waals surface area contributed by atoms with Crippen LogP contribution in [0.15, 0.2) is 18.2 Å². The van der Waals surface area contributed by atoms with Crippen LogP contribution >= 0.6 is 0 Å². The molecule has 0 radical (unpaired) electrons. The standard InChI is InChI=1S/C23H31F3N4O3/c24-23(25,26)18-11-17(29-9-10-33-14-21(29)31)7-8-19(18)28-22(32)20(12-27)30(16-5-2-6-16)13-15-3-1-4-15/h7-8,11,15-16,20H,1-6,9-10,12-14,27H2,(H,28,32)/t20-/m0/s1. The Labute approximate surface area is 191 Å². The average Bonchev–Trinajstić information content (AvgIpc) is 2.69. The number of nitrogens with one attached hydrogen (secondary N) is 1. The molecule has 1 heterocycles. The zero-order valence-corrected chi connectivity index (χ0v) is 18.6. The largest absolute Gasteiger partial charge is 0.418 e. The number of nitrogens with two attached hydrogens (primary N) is 1. The van der Waals surface area contributed by atoms with E-state index in [9.17, 15) is 22.8 Å². The van der Waals surface area contributed by atoms with Crippen LogP contribution in [0.2, 0.25) is 0 Å². The van der Waals surface area contributed by atoms with Crippen LogP contribution in [0.5, 0.6) is 0 Å². The topological polar surface area (TPSA) is 87.9 Å². The number of nitrogens with zero attached hydrogens (tertiary/aromatic N) is 2. The van der Waals surface area contributed by atoms with Crippen molar-refractivity contribution in [2.45, 2.75) is 56.8 Å². The summed E-state index contributed by atoms with van der Waals surface area (Å²) in [5.41, 5.74) is 4.78. The number of carbonyl (C=O) groups is 2. The first-order valence-electron chi connectivity index (χ1n) is 11.6. The van der Waals surface area contributed by atoms with E-state index in [1.165, 1.54) is 23.5 Å². The smallest absolute Gasteiger partial charge is 0.370 e. The predicted molar refractivity (Wildman–Crippen MR) is 118 cm³/mol. The lowest BCUT2D eigenvalue weighted by Gasteiger charge is -2.44. The Morgan fingerprint density at radius 2 is 1.97 bits per heavy atom. The Morgan fingerprint density at radius 1 is 1.24 bits per heavy atom. The zero-order valence-electron chi connectivity index (χ0n) is 18.6. The Bertz CT molecular complexity index is 871. The minimum absolute atomic E-state index is 0.0385. The maximum Gasteiger partial charge on any atom is 0.418 e. The molecule has 182 valence electrons. The highest BCUT2D eigenvalue weighted by Crippen LogP contribution is 2.38.